The second kappa shape index (κ2) is 12.0. The molecule has 1 atom stereocenters. The molecule has 1 unspecified atom stereocenters. The minimum Gasteiger partial charge on any atom is -0.495 e. The number of benzene rings is 4. The highest BCUT2D eigenvalue weighted by Crippen LogP contribution is 2.29. The number of nitrogens with zero attached hydrogens (tertiary/aromatic N) is 1. The number of carbonyl (C=O) groups is 1. The maximum absolute atomic E-state index is 12.9. The SMILES string of the molecule is COc1ccccc1NC(=S)Nc1cccc(SC(C)C(=O)Nc2ccc(-c3nc4ccccc4o3)cc2)c1. The van der Waals surface area contributed by atoms with Crippen LogP contribution in [0.25, 0.3) is 22.6 Å². The molecule has 0 bridgehead atoms. The average molecular weight is 555 g/mol. The van der Waals surface area contributed by atoms with Crippen molar-refractivity contribution in [2.75, 3.05) is 23.1 Å². The van der Waals surface area contributed by atoms with Gasteiger partial charge in [-0.2, -0.15) is 0 Å². The molecule has 0 aliphatic carbocycles. The van der Waals surface area contributed by atoms with Crippen molar-refractivity contribution in [1.82, 2.24) is 4.98 Å². The fourth-order valence-electron chi connectivity index (χ4n) is 3.87. The van der Waals surface area contributed by atoms with Gasteiger partial charge in [0, 0.05) is 21.8 Å². The van der Waals surface area contributed by atoms with Crippen molar-refractivity contribution in [2.24, 2.45) is 0 Å². The van der Waals surface area contributed by atoms with E-state index in [0.29, 0.717) is 22.4 Å². The summed E-state index contributed by atoms with van der Waals surface area (Å²) >= 11 is 6.93. The number of nitrogens with one attached hydrogen (secondary N) is 3. The number of thiocarbonyl (C=S) groups is 1. The van der Waals surface area contributed by atoms with Crippen LogP contribution in [0.2, 0.25) is 0 Å². The highest BCUT2D eigenvalue weighted by atomic mass is 32.2. The molecular weight excluding hydrogens is 528 g/mol. The zero-order chi connectivity index (χ0) is 27.2. The summed E-state index contributed by atoms with van der Waals surface area (Å²) in [5.74, 6) is 1.15. The van der Waals surface area contributed by atoms with Crippen LogP contribution in [0.15, 0.2) is 106 Å². The van der Waals surface area contributed by atoms with Crippen molar-refractivity contribution in [3.05, 3.63) is 97.1 Å². The first-order valence-electron chi connectivity index (χ1n) is 12.2. The highest BCUT2D eigenvalue weighted by molar-refractivity contribution is 8.00. The molecule has 1 heterocycles. The van der Waals surface area contributed by atoms with Gasteiger partial charge >= 0.3 is 0 Å². The van der Waals surface area contributed by atoms with E-state index in [9.17, 15) is 4.79 Å². The number of aromatic nitrogens is 1. The van der Waals surface area contributed by atoms with Gasteiger partial charge in [-0.15, -0.1) is 11.8 Å². The maximum atomic E-state index is 12.9. The lowest BCUT2D eigenvalue weighted by molar-refractivity contribution is -0.115. The Kier molecular flexibility index (Phi) is 8.10. The smallest absolute Gasteiger partial charge is 0.237 e. The molecule has 0 radical (unpaired) electrons. The van der Waals surface area contributed by atoms with E-state index < -0.39 is 0 Å². The lowest BCUT2D eigenvalue weighted by Crippen LogP contribution is -2.22. The van der Waals surface area contributed by atoms with Crippen molar-refractivity contribution in [1.29, 1.82) is 0 Å². The Bertz CT molecular complexity index is 1590. The van der Waals surface area contributed by atoms with Crippen LogP contribution in [-0.4, -0.2) is 28.4 Å². The molecule has 0 saturated carbocycles. The van der Waals surface area contributed by atoms with E-state index in [1.165, 1.54) is 11.8 Å². The number of thioether (sulfide) groups is 1. The Balaban J connectivity index is 1.17. The van der Waals surface area contributed by atoms with E-state index >= 15 is 0 Å². The fourth-order valence-corrected chi connectivity index (χ4v) is 5.03. The van der Waals surface area contributed by atoms with E-state index in [4.69, 9.17) is 21.4 Å². The number of methoxy groups -OCH3 is 1. The monoisotopic (exact) mass is 554 g/mol. The van der Waals surface area contributed by atoms with Crippen molar-refractivity contribution >= 4 is 63.2 Å². The number of carbonyl (C=O) groups excluding carboxylic acids is 1. The largest absolute Gasteiger partial charge is 0.495 e. The summed E-state index contributed by atoms with van der Waals surface area (Å²) in [5, 5.41) is 9.44. The van der Waals surface area contributed by atoms with Gasteiger partial charge in [0.25, 0.3) is 0 Å². The van der Waals surface area contributed by atoms with E-state index in [-0.39, 0.29) is 11.2 Å². The lowest BCUT2D eigenvalue weighted by Gasteiger charge is -2.15. The third kappa shape index (κ3) is 6.57. The molecule has 0 spiro atoms. The normalized spacial score (nSPS) is 11.5. The van der Waals surface area contributed by atoms with Gasteiger partial charge in [0.1, 0.15) is 11.3 Å². The minimum absolute atomic E-state index is 0.0960. The molecule has 9 heteroatoms. The molecule has 1 aromatic heterocycles. The Labute approximate surface area is 236 Å². The van der Waals surface area contributed by atoms with Gasteiger partial charge in [-0.1, -0.05) is 30.3 Å². The van der Waals surface area contributed by atoms with Crippen LogP contribution < -0.4 is 20.7 Å². The maximum Gasteiger partial charge on any atom is 0.237 e. The molecule has 7 nitrogen and oxygen atoms in total. The van der Waals surface area contributed by atoms with Crippen molar-refractivity contribution in [3.63, 3.8) is 0 Å². The van der Waals surface area contributed by atoms with Crippen molar-refractivity contribution in [3.8, 4) is 17.2 Å². The Hall–Kier alpha value is -4.34. The van der Waals surface area contributed by atoms with Gasteiger partial charge in [0.2, 0.25) is 11.8 Å². The third-order valence-corrected chi connectivity index (χ3v) is 7.12. The molecule has 5 aromatic rings. The van der Waals surface area contributed by atoms with Crippen LogP contribution in [0.1, 0.15) is 6.92 Å². The number of fused-ring (bicyclic) bond motifs is 1. The number of anilines is 3. The van der Waals surface area contributed by atoms with Crippen LogP contribution in [0.5, 0.6) is 5.75 Å². The molecule has 5 rings (SSSR count). The number of hydrogen-bond donors (Lipinski definition) is 3. The topological polar surface area (TPSA) is 88.4 Å². The number of rotatable bonds is 8. The van der Waals surface area contributed by atoms with Crippen LogP contribution in [0, 0.1) is 0 Å². The van der Waals surface area contributed by atoms with Gasteiger partial charge in [-0.25, -0.2) is 4.98 Å². The highest BCUT2D eigenvalue weighted by Gasteiger charge is 2.16. The second-order valence-corrected chi connectivity index (χ2v) is 10.4. The first-order chi connectivity index (χ1) is 19.0. The van der Waals surface area contributed by atoms with Gasteiger partial charge in [-0.3, -0.25) is 4.79 Å². The van der Waals surface area contributed by atoms with Gasteiger partial charge in [0.15, 0.2) is 10.7 Å². The zero-order valence-electron chi connectivity index (χ0n) is 21.3. The Morgan fingerprint density at radius 3 is 2.46 bits per heavy atom. The molecule has 196 valence electrons. The summed E-state index contributed by atoms with van der Waals surface area (Å²) in [6, 6.07) is 30.4. The molecule has 0 saturated heterocycles. The number of para-hydroxylation sites is 4. The summed E-state index contributed by atoms with van der Waals surface area (Å²) in [6.45, 7) is 1.88. The summed E-state index contributed by atoms with van der Waals surface area (Å²) in [4.78, 5) is 18.4. The lowest BCUT2D eigenvalue weighted by atomic mass is 10.2. The van der Waals surface area contributed by atoms with E-state index in [0.717, 1.165) is 32.9 Å². The molecular formula is C30H26N4O3S2. The summed E-state index contributed by atoms with van der Waals surface area (Å²) in [5.41, 5.74) is 4.68. The first-order valence-corrected chi connectivity index (χ1v) is 13.5. The van der Waals surface area contributed by atoms with Crippen molar-refractivity contribution in [2.45, 2.75) is 17.1 Å². The molecule has 3 N–H and O–H groups in total. The van der Waals surface area contributed by atoms with E-state index in [1.54, 1.807) is 7.11 Å². The molecule has 1 amide bonds. The quantitative estimate of drug-likeness (QED) is 0.135. The molecule has 0 aliphatic heterocycles. The van der Waals surface area contributed by atoms with E-state index in [1.807, 2.05) is 104 Å². The molecule has 39 heavy (non-hydrogen) atoms. The van der Waals surface area contributed by atoms with Crippen LogP contribution >= 0.6 is 24.0 Å². The summed E-state index contributed by atoms with van der Waals surface area (Å²) in [6.07, 6.45) is 0. The summed E-state index contributed by atoms with van der Waals surface area (Å²) < 4.78 is 11.2. The standard InChI is InChI=1S/C30H26N4O3S2/c1-19(28(35)31-21-16-14-20(15-17-21)29-33-25-11-4-6-13-27(25)37-29)39-23-9-7-8-22(18-23)32-30(38)34-24-10-3-5-12-26(24)36-2/h3-19H,1-2H3,(H,31,35)(H2,32,34,38). The van der Waals surface area contributed by atoms with Crippen LogP contribution in [0.3, 0.4) is 0 Å². The molecule has 4 aromatic carbocycles. The van der Waals surface area contributed by atoms with Crippen molar-refractivity contribution < 1.29 is 13.9 Å². The van der Waals surface area contributed by atoms with Crippen LogP contribution in [-0.2, 0) is 4.79 Å². The molecule has 0 fully saturated rings. The Morgan fingerprint density at radius 1 is 0.897 bits per heavy atom. The summed E-state index contributed by atoms with van der Waals surface area (Å²) in [7, 11) is 1.62. The van der Waals surface area contributed by atoms with Gasteiger partial charge < -0.3 is 25.1 Å². The number of oxazole rings is 1. The van der Waals surface area contributed by atoms with Gasteiger partial charge in [-0.05, 0) is 85.9 Å². The zero-order valence-corrected chi connectivity index (χ0v) is 22.9. The molecule has 0 aliphatic rings. The number of amides is 1. The average Bonchev–Trinajstić information content (AvgIpc) is 3.38. The number of hydrogen-bond acceptors (Lipinski definition) is 6. The fraction of sp³-hybridized carbons (Fsp3) is 0.100. The Morgan fingerprint density at radius 2 is 1.67 bits per heavy atom. The predicted octanol–water partition coefficient (Wildman–Crippen LogP) is 7.43. The second-order valence-electron chi connectivity index (χ2n) is 8.62. The first kappa shape index (κ1) is 26.3. The van der Waals surface area contributed by atoms with Gasteiger partial charge in [0.05, 0.1) is 18.0 Å². The third-order valence-electron chi connectivity index (χ3n) is 5.82. The van der Waals surface area contributed by atoms with E-state index in [2.05, 4.69) is 20.9 Å². The minimum atomic E-state index is -0.323. The predicted molar refractivity (Wildman–Crippen MR) is 163 cm³/mol. The van der Waals surface area contributed by atoms with Crippen LogP contribution in [0.4, 0.5) is 17.1 Å². The number of ether oxygens (including phenoxy) is 1.